The van der Waals surface area contributed by atoms with E-state index < -0.39 is 11.7 Å². The van der Waals surface area contributed by atoms with Crippen LogP contribution in [0.4, 0.5) is 13.2 Å². The zero-order valence-electron chi connectivity index (χ0n) is 13.6. The molecule has 0 aromatic heterocycles. The van der Waals surface area contributed by atoms with Crippen LogP contribution in [0.2, 0.25) is 0 Å². The topological polar surface area (TPSA) is 24.8 Å². The van der Waals surface area contributed by atoms with Gasteiger partial charge in [0.1, 0.15) is 5.37 Å². The van der Waals surface area contributed by atoms with Gasteiger partial charge in [0.15, 0.2) is 0 Å². The van der Waals surface area contributed by atoms with Crippen molar-refractivity contribution in [1.82, 2.24) is 4.90 Å². The van der Waals surface area contributed by atoms with Crippen LogP contribution >= 0.6 is 11.8 Å². The first-order valence-corrected chi connectivity index (χ1v) is 9.27. The number of nitrogens with one attached hydrogen (secondary N) is 1. The summed E-state index contributed by atoms with van der Waals surface area (Å²) in [5.74, 6) is 0.0866. The molecule has 7 heteroatoms. The number of carbonyl (C=O) groups is 1. The van der Waals surface area contributed by atoms with E-state index in [0.29, 0.717) is 6.54 Å². The van der Waals surface area contributed by atoms with E-state index in [0.717, 1.165) is 37.3 Å². The van der Waals surface area contributed by atoms with Gasteiger partial charge in [-0.3, -0.25) is 4.79 Å². The van der Waals surface area contributed by atoms with Crippen LogP contribution in [0.25, 0.3) is 0 Å². The highest BCUT2D eigenvalue weighted by Crippen LogP contribution is 2.43. The standard InChI is InChI=1S/C17H21F3N2OS/c1-12-15(23)22(11-10-21-8-2-3-9-21)16(24-12)13-4-6-14(7-5-13)17(18,19)20/h4-7,12,16H,2-3,8-11H2,1H3/p+1/t12-,16-/m0/s1. The van der Waals surface area contributed by atoms with Crippen LogP contribution in [0.15, 0.2) is 24.3 Å². The van der Waals surface area contributed by atoms with E-state index in [2.05, 4.69) is 0 Å². The van der Waals surface area contributed by atoms with Crippen molar-refractivity contribution in [2.45, 2.75) is 36.6 Å². The first-order valence-electron chi connectivity index (χ1n) is 8.33. The number of benzene rings is 1. The molecular weight excluding hydrogens is 337 g/mol. The number of hydrogen-bond acceptors (Lipinski definition) is 2. The number of thioether (sulfide) groups is 1. The number of amides is 1. The number of quaternary nitrogens is 1. The van der Waals surface area contributed by atoms with Gasteiger partial charge < -0.3 is 9.80 Å². The van der Waals surface area contributed by atoms with Crippen LogP contribution in [-0.2, 0) is 11.0 Å². The SMILES string of the molecule is C[C@@H]1S[C@@H](c2ccc(C(F)(F)F)cc2)N(CC[NH+]2CCCC2)C1=O. The Kier molecular flexibility index (Phi) is 5.11. The van der Waals surface area contributed by atoms with E-state index in [1.54, 1.807) is 0 Å². The Labute approximate surface area is 144 Å². The number of rotatable bonds is 4. The van der Waals surface area contributed by atoms with Crippen molar-refractivity contribution in [2.24, 2.45) is 0 Å². The lowest BCUT2D eigenvalue weighted by atomic mass is 10.1. The van der Waals surface area contributed by atoms with Crippen LogP contribution in [0, 0.1) is 0 Å². The van der Waals surface area contributed by atoms with Gasteiger partial charge in [0, 0.05) is 12.8 Å². The van der Waals surface area contributed by atoms with Gasteiger partial charge in [0.25, 0.3) is 0 Å². The van der Waals surface area contributed by atoms with E-state index in [9.17, 15) is 18.0 Å². The first-order chi connectivity index (χ1) is 11.4. The van der Waals surface area contributed by atoms with Gasteiger partial charge in [0.2, 0.25) is 5.91 Å². The Morgan fingerprint density at radius 3 is 2.42 bits per heavy atom. The Morgan fingerprint density at radius 2 is 1.83 bits per heavy atom. The molecule has 1 N–H and O–H groups in total. The van der Waals surface area contributed by atoms with Gasteiger partial charge in [-0.1, -0.05) is 12.1 Å². The van der Waals surface area contributed by atoms with Crippen molar-refractivity contribution in [1.29, 1.82) is 0 Å². The summed E-state index contributed by atoms with van der Waals surface area (Å²) in [6, 6.07) is 5.21. The molecule has 2 aliphatic heterocycles. The molecule has 1 amide bonds. The zero-order chi connectivity index (χ0) is 17.3. The van der Waals surface area contributed by atoms with E-state index in [1.807, 2.05) is 11.8 Å². The molecule has 0 spiro atoms. The molecule has 0 unspecified atom stereocenters. The van der Waals surface area contributed by atoms with Crippen LogP contribution in [0.3, 0.4) is 0 Å². The molecular formula is C17H22F3N2OS+. The number of alkyl halides is 3. The highest BCUT2D eigenvalue weighted by atomic mass is 32.2. The summed E-state index contributed by atoms with van der Waals surface area (Å²) in [5, 5.41) is -0.331. The van der Waals surface area contributed by atoms with Crippen molar-refractivity contribution in [3.05, 3.63) is 35.4 Å². The molecule has 0 saturated carbocycles. The molecule has 2 atom stereocenters. The Morgan fingerprint density at radius 1 is 1.21 bits per heavy atom. The predicted octanol–water partition coefficient (Wildman–Crippen LogP) is 2.35. The maximum Gasteiger partial charge on any atom is 0.416 e. The summed E-state index contributed by atoms with van der Waals surface area (Å²) in [6.07, 6.45) is -1.86. The smallest absolute Gasteiger partial charge is 0.333 e. The fraction of sp³-hybridized carbons (Fsp3) is 0.588. The molecule has 1 aromatic rings. The van der Waals surface area contributed by atoms with Gasteiger partial charge in [-0.2, -0.15) is 13.2 Å². The molecule has 2 fully saturated rings. The fourth-order valence-corrected chi connectivity index (χ4v) is 4.71. The lowest BCUT2D eigenvalue weighted by Crippen LogP contribution is -3.10. The monoisotopic (exact) mass is 359 g/mol. The molecule has 1 aromatic carbocycles. The third kappa shape index (κ3) is 3.72. The van der Waals surface area contributed by atoms with E-state index in [4.69, 9.17) is 0 Å². The van der Waals surface area contributed by atoms with E-state index >= 15 is 0 Å². The molecule has 2 saturated heterocycles. The van der Waals surface area contributed by atoms with Crippen molar-refractivity contribution in [3.8, 4) is 0 Å². The Balaban J connectivity index is 1.72. The second kappa shape index (κ2) is 6.96. The lowest BCUT2D eigenvalue weighted by Gasteiger charge is -2.25. The number of halogens is 3. The highest BCUT2D eigenvalue weighted by Gasteiger charge is 2.39. The van der Waals surface area contributed by atoms with Gasteiger partial charge in [-0.05, 0) is 24.6 Å². The highest BCUT2D eigenvalue weighted by molar-refractivity contribution is 8.01. The van der Waals surface area contributed by atoms with Gasteiger partial charge in [-0.25, -0.2) is 0 Å². The Bertz CT molecular complexity index is 584. The summed E-state index contributed by atoms with van der Waals surface area (Å²) in [4.78, 5) is 15.8. The first kappa shape index (κ1) is 17.6. The fourth-order valence-electron chi connectivity index (χ4n) is 3.40. The number of hydrogen-bond donors (Lipinski definition) is 1. The summed E-state index contributed by atoms with van der Waals surface area (Å²) >= 11 is 1.52. The minimum atomic E-state index is -4.33. The van der Waals surface area contributed by atoms with Crippen LogP contribution in [0.5, 0.6) is 0 Å². The van der Waals surface area contributed by atoms with Crippen molar-refractivity contribution in [2.75, 3.05) is 26.2 Å². The molecule has 0 bridgehead atoms. The molecule has 24 heavy (non-hydrogen) atoms. The number of carbonyl (C=O) groups excluding carboxylic acids is 1. The van der Waals surface area contributed by atoms with Crippen molar-refractivity contribution >= 4 is 17.7 Å². The van der Waals surface area contributed by atoms with Crippen molar-refractivity contribution in [3.63, 3.8) is 0 Å². The summed E-state index contributed by atoms with van der Waals surface area (Å²) in [6.45, 7) is 5.74. The number of nitrogens with zero attached hydrogens (tertiary/aromatic N) is 1. The van der Waals surface area contributed by atoms with Crippen LogP contribution < -0.4 is 4.90 Å². The lowest BCUT2D eigenvalue weighted by molar-refractivity contribution is -0.886. The summed E-state index contributed by atoms with van der Waals surface area (Å²) in [7, 11) is 0. The van der Waals surface area contributed by atoms with E-state index in [-0.39, 0.29) is 16.5 Å². The second-order valence-electron chi connectivity index (χ2n) is 6.49. The molecule has 0 aliphatic carbocycles. The molecule has 3 nitrogen and oxygen atoms in total. The van der Waals surface area contributed by atoms with Crippen LogP contribution in [0.1, 0.15) is 36.3 Å². The molecule has 2 heterocycles. The average molecular weight is 359 g/mol. The quantitative estimate of drug-likeness (QED) is 0.893. The van der Waals surface area contributed by atoms with E-state index in [1.165, 1.54) is 41.6 Å². The maximum absolute atomic E-state index is 12.7. The number of likely N-dealkylation sites (tertiary alicyclic amines) is 1. The zero-order valence-corrected chi connectivity index (χ0v) is 14.4. The van der Waals surface area contributed by atoms with Gasteiger partial charge in [0.05, 0.1) is 37.0 Å². The maximum atomic E-state index is 12.7. The normalized spacial score (nSPS) is 25.7. The molecule has 3 rings (SSSR count). The summed E-state index contributed by atoms with van der Waals surface area (Å²) in [5.41, 5.74) is 0.115. The van der Waals surface area contributed by atoms with Crippen LogP contribution in [-0.4, -0.2) is 42.2 Å². The minimum absolute atomic E-state index is 0.0866. The molecule has 0 radical (unpaired) electrons. The van der Waals surface area contributed by atoms with Crippen molar-refractivity contribution < 1.29 is 22.9 Å². The third-order valence-corrected chi connectivity index (χ3v) is 6.18. The minimum Gasteiger partial charge on any atom is -0.333 e. The largest absolute Gasteiger partial charge is 0.416 e. The molecule has 132 valence electrons. The van der Waals surface area contributed by atoms with Gasteiger partial charge >= 0.3 is 6.18 Å². The predicted molar refractivity (Wildman–Crippen MR) is 87.7 cm³/mol. The summed E-state index contributed by atoms with van der Waals surface area (Å²) < 4.78 is 38.2. The van der Waals surface area contributed by atoms with Gasteiger partial charge in [-0.15, -0.1) is 11.8 Å². The Hall–Kier alpha value is -1.21. The average Bonchev–Trinajstić information content (AvgIpc) is 3.14. The second-order valence-corrected chi connectivity index (χ2v) is 7.91. The molecule has 2 aliphatic rings. The third-order valence-electron chi connectivity index (χ3n) is 4.79.